The van der Waals surface area contributed by atoms with Crippen molar-refractivity contribution < 1.29 is 0 Å². The SMILES string of the molecule is C1C2CC3CC1CC(C(C14CC5CC(CC(C5)C1)C4)C14CC5CC(CC1C5)C4)(C2)C3. The zero-order valence-corrected chi connectivity index (χ0v) is 19.3. The van der Waals surface area contributed by atoms with E-state index in [9.17, 15) is 0 Å². The molecule has 12 fully saturated rings. The van der Waals surface area contributed by atoms with Crippen molar-refractivity contribution in [2.24, 2.45) is 75.4 Å². The molecule has 0 spiro atoms. The maximum atomic E-state index is 1.71. The molecule has 0 nitrogen and oxygen atoms in total. The van der Waals surface area contributed by atoms with E-state index in [4.69, 9.17) is 0 Å². The highest BCUT2D eigenvalue weighted by Gasteiger charge is 2.72. The standard InChI is InChI=1S/C30H44/c1-18-2-20-3-19(1)11-28(10-18,12-20)27(30-16-24-7-25(17-30)9-26(30)8-24)29-13-21-4-22(14-29)6-23(5-21)15-29/h18-27H,1-17H2. The Labute approximate surface area is 184 Å². The Balaban J connectivity index is 1.23. The summed E-state index contributed by atoms with van der Waals surface area (Å²) in [5.74, 6) is 11.6. The van der Waals surface area contributed by atoms with Crippen molar-refractivity contribution in [3.05, 3.63) is 0 Å². The maximum absolute atomic E-state index is 1.71. The molecule has 164 valence electrons. The number of hydrogen-bond donors (Lipinski definition) is 0. The summed E-state index contributed by atoms with van der Waals surface area (Å²) in [6.45, 7) is 0. The van der Waals surface area contributed by atoms with Crippen LogP contribution in [0.2, 0.25) is 0 Å². The lowest BCUT2D eigenvalue weighted by molar-refractivity contribution is -0.216. The summed E-state index contributed by atoms with van der Waals surface area (Å²) in [4.78, 5) is 0. The van der Waals surface area contributed by atoms with Crippen LogP contribution in [0.5, 0.6) is 0 Å². The van der Waals surface area contributed by atoms with Gasteiger partial charge in [0.25, 0.3) is 0 Å². The van der Waals surface area contributed by atoms with Crippen molar-refractivity contribution in [1.29, 1.82) is 0 Å². The molecule has 12 aliphatic carbocycles. The van der Waals surface area contributed by atoms with E-state index in [0.29, 0.717) is 0 Å². The first-order valence-electron chi connectivity index (χ1n) is 14.6. The molecule has 0 heterocycles. The molecule has 0 amide bonds. The molecule has 0 aromatic heterocycles. The van der Waals surface area contributed by atoms with Gasteiger partial charge in [-0.25, -0.2) is 0 Å². The van der Waals surface area contributed by atoms with Gasteiger partial charge in [0.1, 0.15) is 0 Å². The first-order chi connectivity index (χ1) is 14.6. The van der Waals surface area contributed by atoms with Crippen LogP contribution in [0, 0.1) is 75.4 Å². The second kappa shape index (κ2) is 5.38. The minimum atomic E-state index is 0.819. The van der Waals surface area contributed by atoms with Gasteiger partial charge in [0, 0.05) is 0 Å². The fourth-order valence-electron chi connectivity index (χ4n) is 15.3. The summed E-state index contributed by atoms with van der Waals surface area (Å²) in [6, 6.07) is 0. The molecule has 12 bridgehead atoms. The Bertz CT molecular complexity index is 644. The van der Waals surface area contributed by atoms with Crippen LogP contribution in [-0.2, 0) is 0 Å². The molecule has 2 atom stereocenters. The highest BCUT2D eigenvalue weighted by molar-refractivity contribution is 5.21. The summed E-state index contributed by atoms with van der Waals surface area (Å²) in [5.41, 5.74) is 2.48. The summed E-state index contributed by atoms with van der Waals surface area (Å²) in [5, 5.41) is 0. The predicted molar refractivity (Wildman–Crippen MR) is 121 cm³/mol. The van der Waals surface area contributed by atoms with Gasteiger partial charge >= 0.3 is 0 Å². The molecule has 0 aromatic rings. The van der Waals surface area contributed by atoms with E-state index in [1.807, 2.05) is 0 Å². The Morgan fingerprint density at radius 1 is 0.367 bits per heavy atom. The van der Waals surface area contributed by atoms with Gasteiger partial charge in [-0.3, -0.25) is 0 Å². The van der Waals surface area contributed by atoms with E-state index in [1.165, 1.54) is 11.8 Å². The van der Waals surface area contributed by atoms with Crippen LogP contribution >= 0.6 is 0 Å². The predicted octanol–water partition coefficient (Wildman–Crippen LogP) is 7.86. The van der Waals surface area contributed by atoms with Crippen LogP contribution in [0.3, 0.4) is 0 Å². The number of rotatable bonds is 3. The van der Waals surface area contributed by atoms with E-state index >= 15 is 0 Å². The summed E-state index contributed by atoms with van der Waals surface area (Å²) < 4.78 is 0. The first-order valence-corrected chi connectivity index (χ1v) is 14.6. The zero-order chi connectivity index (χ0) is 19.3. The molecule has 0 aromatic carbocycles. The fourth-order valence-corrected chi connectivity index (χ4v) is 15.3. The van der Waals surface area contributed by atoms with Crippen molar-refractivity contribution in [3.63, 3.8) is 0 Å². The van der Waals surface area contributed by atoms with E-state index in [-0.39, 0.29) is 0 Å². The molecule has 2 unspecified atom stereocenters. The largest absolute Gasteiger partial charge is 0.0475 e. The van der Waals surface area contributed by atoms with Crippen molar-refractivity contribution in [2.45, 2.75) is 109 Å². The second-order valence-corrected chi connectivity index (χ2v) is 15.8. The van der Waals surface area contributed by atoms with E-state index in [1.54, 1.807) is 109 Å². The van der Waals surface area contributed by atoms with Gasteiger partial charge in [-0.1, -0.05) is 0 Å². The zero-order valence-electron chi connectivity index (χ0n) is 19.3. The average Bonchev–Trinajstić information content (AvgIpc) is 3.02. The van der Waals surface area contributed by atoms with Crippen LogP contribution in [0.25, 0.3) is 0 Å². The smallest absolute Gasteiger partial charge is 0.0225 e. The molecular formula is C30H44. The topological polar surface area (TPSA) is 0 Å². The van der Waals surface area contributed by atoms with Gasteiger partial charge < -0.3 is 0 Å². The normalized spacial score (nSPS) is 67.0. The second-order valence-electron chi connectivity index (χ2n) is 15.8. The molecule has 12 rings (SSSR count). The molecule has 12 saturated carbocycles. The van der Waals surface area contributed by atoms with Gasteiger partial charge in [0.05, 0.1) is 0 Å². The quantitative estimate of drug-likeness (QED) is 0.449. The summed E-state index contributed by atoms with van der Waals surface area (Å²) in [7, 11) is 0. The number of hydrogen-bond acceptors (Lipinski definition) is 0. The van der Waals surface area contributed by atoms with E-state index in [0.717, 1.165) is 63.6 Å². The van der Waals surface area contributed by atoms with Crippen LogP contribution in [-0.4, -0.2) is 0 Å². The van der Waals surface area contributed by atoms with Crippen molar-refractivity contribution in [2.75, 3.05) is 0 Å². The Hall–Kier alpha value is 0. The fraction of sp³-hybridized carbons (Fsp3) is 1.00. The lowest BCUT2D eigenvalue weighted by atomic mass is 9.34. The first kappa shape index (κ1) is 17.5. The Morgan fingerprint density at radius 3 is 1.00 bits per heavy atom. The van der Waals surface area contributed by atoms with Gasteiger partial charge in [-0.05, 0) is 185 Å². The molecular weight excluding hydrogens is 360 g/mol. The third-order valence-corrected chi connectivity index (χ3v) is 14.0. The Kier molecular flexibility index (Phi) is 3.13. The van der Waals surface area contributed by atoms with Crippen LogP contribution < -0.4 is 0 Å². The molecule has 12 aliphatic rings. The van der Waals surface area contributed by atoms with Crippen molar-refractivity contribution in [3.8, 4) is 0 Å². The van der Waals surface area contributed by atoms with Crippen LogP contribution in [0.4, 0.5) is 0 Å². The van der Waals surface area contributed by atoms with Crippen LogP contribution in [0.15, 0.2) is 0 Å². The highest BCUT2D eigenvalue weighted by Crippen LogP contribution is 2.80. The van der Waals surface area contributed by atoms with Crippen molar-refractivity contribution in [1.82, 2.24) is 0 Å². The molecule has 0 aliphatic heterocycles. The molecule has 0 N–H and O–H groups in total. The average molecular weight is 405 g/mol. The van der Waals surface area contributed by atoms with E-state index < -0.39 is 0 Å². The third kappa shape index (κ3) is 2.04. The molecule has 0 heteroatoms. The third-order valence-electron chi connectivity index (χ3n) is 14.0. The molecule has 0 radical (unpaired) electrons. The van der Waals surface area contributed by atoms with Gasteiger partial charge in [-0.15, -0.1) is 0 Å². The Morgan fingerprint density at radius 2 is 0.667 bits per heavy atom. The summed E-state index contributed by atoms with van der Waals surface area (Å²) in [6.07, 6.45) is 28.5. The monoisotopic (exact) mass is 404 g/mol. The maximum Gasteiger partial charge on any atom is -0.0225 e. The summed E-state index contributed by atoms with van der Waals surface area (Å²) >= 11 is 0. The van der Waals surface area contributed by atoms with Gasteiger partial charge in [0.2, 0.25) is 0 Å². The minimum Gasteiger partial charge on any atom is -0.0475 e. The van der Waals surface area contributed by atoms with Crippen molar-refractivity contribution >= 4 is 0 Å². The van der Waals surface area contributed by atoms with Gasteiger partial charge in [0.15, 0.2) is 0 Å². The lowest BCUT2D eigenvalue weighted by Crippen LogP contribution is -2.62. The van der Waals surface area contributed by atoms with Gasteiger partial charge in [-0.2, -0.15) is 0 Å². The minimum absolute atomic E-state index is 0.819. The highest BCUT2D eigenvalue weighted by atomic mass is 14.8. The van der Waals surface area contributed by atoms with Crippen LogP contribution in [0.1, 0.15) is 109 Å². The molecule has 30 heavy (non-hydrogen) atoms. The van der Waals surface area contributed by atoms with E-state index in [2.05, 4.69) is 0 Å². The molecule has 0 saturated heterocycles. The lowest BCUT2D eigenvalue weighted by Gasteiger charge is -2.71.